The van der Waals surface area contributed by atoms with Crippen LogP contribution in [0.2, 0.25) is 0 Å². The van der Waals surface area contributed by atoms with Crippen LogP contribution in [0.1, 0.15) is 37.7 Å². The first-order valence-corrected chi connectivity index (χ1v) is 9.98. The molecule has 1 aromatic heterocycles. The molecule has 1 fully saturated rings. The number of alkyl halides is 3. The van der Waals surface area contributed by atoms with Crippen LogP contribution in [0.5, 0.6) is 11.5 Å². The van der Waals surface area contributed by atoms with Crippen LogP contribution in [0, 0.1) is 0 Å². The molecule has 0 saturated heterocycles. The van der Waals surface area contributed by atoms with E-state index in [0.29, 0.717) is 17.0 Å². The number of nitrogens with one attached hydrogen (secondary N) is 1. The minimum Gasteiger partial charge on any atom is -0.457 e. The van der Waals surface area contributed by atoms with Gasteiger partial charge in [-0.3, -0.25) is 4.79 Å². The van der Waals surface area contributed by atoms with Crippen LogP contribution in [0.3, 0.4) is 0 Å². The Morgan fingerprint density at radius 3 is 2.47 bits per heavy atom. The van der Waals surface area contributed by atoms with Gasteiger partial charge in [-0.1, -0.05) is 19.3 Å². The van der Waals surface area contributed by atoms with E-state index < -0.39 is 11.7 Å². The molecule has 158 valence electrons. The number of benzene rings is 2. The number of aromatic nitrogens is 2. The second kappa shape index (κ2) is 8.38. The number of hydrogen-bond acceptors (Lipinski definition) is 3. The highest BCUT2D eigenvalue weighted by atomic mass is 19.4. The van der Waals surface area contributed by atoms with Gasteiger partial charge in [0.15, 0.2) is 0 Å². The first kappa shape index (κ1) is 20.3. The fraction of sp³-hybridized carbons (Fsp3) is 0.364. The summed E-state index contributed by atoms with van der Waals surface area (Å²) in [7, 11) is 0. The quantitative estimate of drug-likeness (QED) is 0.613. The molecule has 1 amide bonds. The first-order chi connectivity index (χ1) is 14.4. The van der Waals surface area contributed by atoms with Crippen LogP contribution in [-0.2, 0) is 17.5 Å². The summed E-state index contributed by atoms with van der Waals surface area (Å²) >= 11 is 0. The number of fused-ring (bicyclic) bond motifs is 1. The van der Waals surface area contributed by atoms with Crippen LogP contribution < -0.4 is 10.1 Å². The predicted molar refractivity (Wildman–Crippen MR) is 106 cm³/mol. The minimum absolute atomic E-state index is 0.0599. The number of carbonyl (C=O) groups is 1. The molecule has 4 rings (SSSR count). The monoisotopic (exact) mass is 417 g/mol. The largest absolute Gasteiger partial charge is 0.457 e. The van der Waals surface area contributed by atoms with Gasteiger partial charge >= 0.3 is 6.18 Å². The molecule has 0 bridgehead atoms. The summed E-state index contributed by atoms with van der Waals surface area (Å²) in [4.78, 5) is 16.7. The van der Waals surface area contributed by atoms with Crippen molar-refractivity contribution in [3.63, 3.8) is 0 Å². The van der Waals surface area contributed by atoms with Crippen molar-refractivity contribution in [1.29, 1.82) is 0 Å². The van der Waals surface area contributed by atoms with E-state index in [-0.39, 0.29) is 18.5 Å². The molecule has 0 aliphatic heterocycles. The molecule has 30 heavy (non-hydrogen) atoms. The van der Waals surface area contributed by atoms with E-state index in [0.717, 1.165) is 43.3 Å². The van der Waals surface area contributed by atoms with Crippen LogP contribution in [0.15, 0.2) is 48.8 Å². The lowest BCUT2D eigenvalue weighted by Gasteiger charge is -2.22. The minimum atomic E-state index is -4.39. The molecule has 1 aliphatic carbocycles. The van der Waals surface area contributed by atoms with Crippen LogP contribution in [0.4, 0.5) is 13.2 Å². The average Bonchev–Trinajstić information content (AvgIpc) is 3.10. The van der Waals surface area contributed by atoms with Crippen molar-refractivity contribution in [3.8, 4) is 11.5 Å². The average molecular weight is 417 g/mol. The molecule has 0 unspecified atom stereocenters. The Balaban J connectivity index is 1.46. The van der Waals surface area contributed by atoms with E-state index in [1.165, 1.54) is 18.6 Å². The van der Waals surface area contributed by atoms with Gasteiger partial charge in [0.2, 0.25) is 5.91 Å². The van der Waals surface area contributed by atoms with Crippen molar-refractivity contribution >= 4 is 16.9 Å². The van der Waals surface area contributed by atoms with Crippen molar-refractivity contribution in [3.05, 3.63) is 54.4 Å². The third-order valence-corrected chi connectivity index (χ3v) is 5.29. The van der Waals surface area contributed by atoms with Crippen molar-refractivity contribution < 1.29 is 22.7 Å². The standard InChI is InChI=1S/C22H22F3N3O2/c23-22(24,25)15-6-8-17(9-7-15)30-18-10-11-19-20(12-18)28(14-26-19)13-21(29)27-16-4-2-1-3-5-16/h6-12,14,16H,1-5,13H2,(H,27,29). The Bertz CT molecular complexity index is 1020. The second-order valence-electron chi connectivity index (χ2n) is 7.55. The van der Waals surface area contributed by atoms with E-state index in [9.17, 15) is 18.0 Å². The third-order valence-electron chi connectivity index (χ3n) is 5.29. The summed E-state index contributed by atoms with van der Waals surface area (Å²) in [6, 6.07) is 9.93. The number of halogens is 3. The Kier molecular flexibility index (Phi) is 5.65. The zero-order valence-corrected chi connectivity index (χ0v) is 16.3. The molecule has 2 aromatic carbocycles. The Morgan fingerprint density at radius 2 is 1.77 bits per heavy atom. The van der Waals surface area contributed by atoms with Crippen molar-refractivity contribution in [1.82, 2.24) is 14.9 Å². The smallest absolute Gasteiger partial charge is 0.416 e. The number of amides is 1. The molecule has 3 aromatic rings. The number of nitrogens with zero attached hydrogens (tertiary/aromatic N) is 2. The Morgan fingerprint density at radius 1 is 1.07 bits per heavy atom. The first-order valence-electron chi connectivity index (χ1n) is 9.98. The molecule has 8 heteroatoms. The SMILES string of the molecule is O=C(Cn1cnc2ccc(Oc3ccc(C(F)(F)F)cc3)cc21)NC1CCCCC1. The fourth-order valence-electron chi connectivity index (χ4n) is 3.75. The van der Waals surface area contributed by atoms with Crippen molar-refractivity contribution in [2.75, 3.05) is 0 Å². The van der Waals surface area contributed by atoms with E-state index in [2.05, 4.69) is 10.3 Å². The maximum absolute atomic E-state index is 12.7. The molecule has 0 spiro atoms. The maximum atomic E-state index is 12.7. The number of ether oxygens (including phenoxy) is 1. The summed E-state index contributed by atoms with van der Waals surface area (Å²) in [5.41, 5.74) is 0.700. The van der Waals surface area contributed by atoms with E-state index >= 15 is 0 Å². The summed E-state index contributed by atoms with van der Waals surface area (Å²) in [5.74, 6) is 0.690. The summed E-state index contributed by atoms with van der Waals surface area (Å²) in [6.07, 6.45) is 2.76. The highest BCUT2D eigenvalue weighted by molar-refractivity contribution is 5.81. The summed E-state index contributed by atoms with van der Waals surface area (Å²) in [5, 5.41) is 3.08. The molecule has 1 heterocycles. The molecule has 0 radical (unpaired) electrons. The number of rotatable bonds is 5. The highest BCUT2D eigenvalue weighted by Gasteiger charge is 2.30. The molecular formula is C22H22F3N3O2. The predicted octanol–water partition coefficient (Wildman–Crippen LogP) is 5.30. The van der Waals surface area contributed by atoms with Gasteiger partial charge in [-0.25, -0.2) is 4.98 Å². The lowest BCUT2D eigenvalue weighted by Crippen LogP contribution is -2.38. The Labute approximate surface area is 171 Å². The number of imidazole rings is 1. The van der Waals surface area contributed by atoms with Crippen LogP contribution in [-0.4, -0.2) is 21.5 Å². The van der Waals surface area contributed by atoms with Crippen LogP contribution >= 0.6 is 0 Å². The maximum Gasteiger partial charge on any atom is 0.416 e. The van der Waals surface area contributed by atoms with Gasteiger partial charge in [0.05, 0.1) is 22.9 Å². The second-order valence-corrected chi connectivity index (χ2v) is 7.55. The van der Waals surface area contributed by atoms with Gasteiger partial charge in [0.1, 0.15) is 18.0 Å². The van der Waals surface area contributed by atoms with E-state index in [1.807, 2.05) is 0 Å². The zero-order valence-electron chi connectivity index (χ0n) is 16.3. The van der Waals surface area contributed by atoms with Crippen molar-refractivity contribution in [2.24, 2.45) is 0 Å². The summed E-state index contributed by atoms with van der Waals surface area (Å²) < 4.78 is 45.5. The topological polar surface area (TPSA) is 56.2 Å². The van der Waals surface area contributed by atoms with Gasteiger partial charge in [0.25, 0.3) is 0 Å². The van der Waals surface area contributed by atoms with Gasteiger partial charge < -0.3 is 14.6 Å². The van der Waals surface area contributed by atoms with E-state index in [1.54, 1.807) is 29.1 Å². The molecular weight excluding hydrogens is 395 g/mol. The molecule has 5 nitrogen and oxygen atoms in total. The lowest BCUT2D eigenvalue weighted by atomic mass is 9.95. The molecule has 1 aliphatic rings. The zero-order chi connectivity index (χ0) is 21.1. The van der Waals surface area contributed by atoms with Gasteiger partial charge in [0, 0.05) is 12.1 Å². The normalized spacial score (nSPS) is 15.3. The van der Waals surface area contributed by atoms with Crippen molar-refractivity contribution in [2.45, 2.75) is 50.9 Å². The summed E-state index contributed by atoms with van der Waals surface area (Å²) in [6.45, 7) is 0.150. The van der Waals surface area contributed by atoms with Crippen LogP contribution in [0.25, 0.3) is 11.0 Å². The van der Waals surface area contributed by atoms with Gasteiger partial charge in [-0.2, -0.15) is 13.2 Å². The molecule has 1 saturated carbocycles. The van der Waals surface area contributed by atoms with E-state index in [4.69, 9.17) is 4.74 Å². The fourth-order valence-corrected chi connectivity index (χ4v) is 3.75. The number of carbonyl (C=O) groups excluding carboxylic acids is 1. The number of hydrogen-bond donors (Lipinski definition) is 1. The van der Waals surface area contributed by atoms with Gasteiger partial charge in [-0.15, -0.1) is 0 Å². The van der Waals surface area contributed by atoms with Gasteiger partial charge in [-0.05, 0) is 49.2 Å². The lowest BCUT2D eigenvalue weighted by molar-refractivity contribution is -0.137. The Hall–Kier alpha value is -3.03. The highest BCUT2D eigenvalue weighted by Crippen LogP contribution is 2.32. The molecule has 0 atom stereocenters. The third kappa shape index (κ3) is 4.75. The molecule has 1 N–H and O–H groups in total.